The minimum atomic E-state index is 0.338. The number of hydrogen-bond donors (Lipinski definition) is 1. The van der Waals surface area contributed by atoms with Crippen molar-refractivity contribution in [3.8, 4) is 0 Å². The smallest absolute Gasteiger partial charge is 0.0659 e. The summed E-state index contributed by atoms with van der Waals surface area (Å²) in [5, 5.41) is 3.62. The molecule has 0 radical (unpaired) electrons. The summed E-state index contributed by atoms with van der Waals surface area (Å²) in [6, 6.07) is 0.669. The highest BCUT2D eigenvalue weighted by Gasteiger charge is 2.49. The Balaban J connectivity index is 1.75. The van der Waals surface area contributed by atoms with Crippen LogP contribution in [-0.4, -0.2) is 24.8 Å². The second kappa shape index (κ2) is 4.42. The first-order valence-electron chi connectivity index (χ1n) is 6.53. The minimum absolute atomic E-state index is 0.338. The lowest BCUT2D eigenvalue weighted by Crippen LogP contribution is -2.62. The molecule has 2 nitrogen and oxygen atoms in total. The highest BCUT2D eigenvalue weighted by molar-refractivity contribution is 5.03. The monoisotopic (exact) mass is 211 g/mol. The van der Waals surface area contributed by atoms with E-state index in [0.29, 0.717) is 23.7 Å². The molecule has 0 aromatic heterocycles. The molecule has 0 aliphatic heterocycles. The van der Waals surface area contributed by atoms with Crippen LogP contribution in [0.25, 0.3) is 0 Å². The van der Waals surface area contributed by atoms with Crippen molar-refractivity contribution in [3.05, 3.63) is 0 Å². The molecule has 88 valence electrons. The first-order chi connectivity index (χ1) is 7.14. The summed E-state index contributed by atoms with van der Waals surface area (Å²) in [5.74, 6) is 0. The van der Waals surface area contributed by atoms with Crippen molar-refractivity contribution in [1.82, 2.24) is 5.32 Å². The Morgan fingerprint density at radius 3 is 2.53 bits per heavy atom. The molecule has 0 amide bonds. The minimum Gasteiger partial charge on any atom is -0.374 e. The standard InChI is InChI=1S/C13H25NO/c1-4-8-14-11-9-12(13(11,2)3)15-10-6-5-7-10/h10-12,14H,4-9H2,1-3H3. The van der Waals surface area contributed by atoms with Gasteiger partial charge in [-0.25, -0.2) is 0 Å². The van der Waals surface area contributed by atoms with Crippen molar-refractivity contribution in [3.63, 3.8) is 0 Å². The predicted molar refractivity (Wildman–Crippen MR) is 63.0 cm³/mol. The van der Waals surface area contributed by atoms with E-state index < -0.39 is 0 Å². The maximum absolute atomic E-state index is 6.11. The Kier molecular flexibility index (Phi) is 3.36. The molecule has 0 saturated heterocycles. The molecule has 2 atom stereocenters. The van der Waals surface area contributed by atoms with Crippen molar-refractivity contribution in [2.75, 3.05) is 6.54 Å². The quantitative estimate of drug-likeness (QED) is 0.755. The van der Waals surface area contributed by atoms with Crippen LogP contribution >= 0.6 is 0 Å². The largest absolute Gasteiger partial charge is 0.374 e. The third-order valence-electron chi connectivity index (χ3n) is 4.23. The van der Waals surface area contributed by atoms with E-state index in [2.05, 4.69) is 26.1 Å². The molecule has 0 aromatic carbocycles. The van der Waals surface area contributed by atoms with Gasteiger partial charge in [-0.2, -0.15) is 0 Å². The van der Waals surface area contributed by atoms with Crippen molar-refractivity contribution in [1.29, 1.82) is 0 Å². The Morgan fingerprint density at radius 1 is 1.33 bits per heavy atom. The van der Waals surface area contributed by atoms with Gasteiger partial charge < -0.3 is 10.1 Å². The average molecular weight is 211 g/mol. The summed E-state index contributed by atoms with van der Waals surface area (Å²) in [6.45, 7) is 8.05. The molecular weight excluding hydrogens is 186 g/mol. The second-order valence-electron chi connectivity index (χ2n) is 5.74. The van der Waals surface area contributed by atoms with E-state index in [0.717, 1.165) is 6.54 Å². The molecule has 2 rings (SSSR count). The number of ether oxygens (including phenoxy) is 1. The van der Waals surface area contributed by atoms with Gasteiger partial charge in [0.2, 0.25) is 0 Å². The van der Waals surface area contributed by atoms with Gasteiger partial charge in [-0.3, -0.25) is 0 Å². The first kappa shape index (κ1) is 11.4. The zero-order valence-corrected chi connectivity index (χ0v) is 10.4. The Hall–Kier alpha value is -0.0800. The first-order valence-corrected chi connectivity index (χ1v) is 6.53. The van der Waals surface area contributed by atoms with Gasteiger partial charge in [0.1, 0.15) is 0 Å². The van der Waals surface area contributed by atoms with Gasteiger partial charge in [0.15, 0.2) is 0 Å². The number of hydrogen-bond acceptors (Lipinski definition) is 2. The molecule has 0 heterocycles. The molecule has 2 saturated carbocycles. The van der Waals surface area contributed by atoms with Gasteiger partial charge in [0, 0.05) is 11.5 Å². The molecule has 2 aliphatic rings. The van der Waals surface area contributed by atoms with E-state index >= 15 is 0 Å². The molecule has 2 fully saturated rings. The highest BCUT2D eigenvalue weighted by atomic mass is 16.5. The summed E-state index contributed by atoms with van der Waals surface area (Å²) in [4.78, 5) is 0. The fourth-order valence-electron chi connectivity index (χ4n) is 2.52. The molecule has 0 bridgehead atoms. The summed E-state index contributed by atoms with van der Waals surface area (Å²) >= 11 is 0. The SMILES string of the molecule is CCCNC1CC(OC2CCC2)C1(C)C. The normalized spacial score (nSPS) is 34.6. The Labute approximate surface area is 93.8 Å². The van der Waals surface area contributed by atoms with E-state index in [-0.39, 0.29) is 0 Å². The van der Waals surface area contributed by atoms with Crippen LogP contribution in [0.4, 0.5) is 0 Å². The van der Waals surface area contributed by atoms with Gasteiger partial charge in [0.05, 0.1) is 12.2 Å². The molecular formula is C13H25NO. The highest BCUT2D eigenvalue weighted by Crippen LogP contribution is 2.44. The van der Waals surface area contributed by atoms with Gasteiger partial charge in [-0.15, -0.1) is 0 Å². The van der Waals surface area contributed by atoms with E-state index in [4.69, 9.17) is 4.74 Å². The fourth-order valence-corrected chi connectivity index (χ4v) is 2.52. The lowest BCUT2D eigenvalue weighted by atomic mass is 9.64. The average Bonchev–Trinajstić information content (AvgIpc) is 2.13. The van der Waals surface area contributed by atoms with Crippen molar-refractivity contribution >= 4 is 0 Å². The zero-order chi connectivity index (χ0) is 10.9. The van der Waals surface area contributed by atoms with Crippen LogP contribution in [-0.2, 0) is 4.74 Å². The molecule has 2 heteroatoms. The fraction of sp³-hybridized carbons (Fsp3) is 1.00. The number of nitrogens with one attached hydrogen (secondary N) is 1. The lowest BCUT2D eigenvalue weighted by molar-refractivity contribution is -0.164. The van der Waals surface area contributed by atoms with Crippen LogP contribution < -0.4 is 5.32 Å². The molecule has 2 unspecified atom stereocenters. The van der Waals surface area contributed by atoms with Crippen LogP contribution in [0.2, 0.25) is 0 Å². The maximum atomic E-state index is 6.11. The maximum Gasteiger partial charge on any atom is 0.0659 e. The second-order valence-corrected chi connectivity index (χ2v) is 5.74. The Bertz CT molecular complexity index is 211. The Morgan fingerprint density at radius 2 is 2.07 bits per heavy atom. The van der Waals surface area contributed by atoms with Crippen LogP contribution in [0.3, 0.4) is 0 Å². The van der Waals surface area contributed by atoms with E-state index in [1.54, 1.807) is 0 Å². The predicted octanol–water partition coefficient (Wildman–Crippen LogP) is 2.72. The molecule has 0 aromatic rings. The number of rotatable bonds is 5. The summed E-state index contributed by atoms with van der Waals surface area (Å²) < 4.78 is 6.11. The topological polar surface area (TPSA) is 21.3 Å². The van der Waals surface area contributed by atoms with E-state index in [1.165, 1.54) is 32.1 Å². The van der Waals surface area contributed by atoms with Gasteiger partial charge in [0.25, 0.3) is 0 Å². The lowest BCUT2D eigenvalue weighted by Gasteiger charge is -2.53. The van der Waals surface area contributed by atoms with Crippen molar-refractivity contribution < 1.29 is 4.74 Å². The summed E-state index contributed by atoms with van der Waals surface area (Å²) in [6.07, 6.45) is 7.47. The van der Waals surface area contributed by atoms with Crippen LogP contribution in [0.1, 0.15) is 52.9 Å². The zero-order valence-electron chi connectivity index (χ0n) is 10.4. The molecule has 15 heavy (non-hydrogen) atoms. The van der Waals surface area contributed by atoms with E-state index in [1.807, 2.05) is 0 Å². The third kappa shape index (κ3) is 2.21. The molecule has 0 spiro atoms. The van der Waals surface area contributed by atoms with Crippen LogP contribution in [0, 0.1) is 5.41 Å². The van der Waals surface area contributed by atoms with Gasteiger partial charge >= 0.3 is 0 Å². The van der Waals surface area contributed by atoms with Crippen molar-refractivity contribution in [2.45, 2.75) is 71.1 Å². The third-order valence-corrected chi connectivity index (χ3v) is 4.23. The van der Waals surface area contributed by atoms with Crippen LogP contribution in [0.15, 0.2) is 0 Å². The molecule has 2 aliphatic carbocycles. The van der Waals surface area contributed by atoms with Gasteiger partial charge in [-0.1, -0.05) is 20.8 Å². The van der Waals surface area contributed by atoms with Crippen molar-refractivity contribution in [2.24, 2.45) is 5.41 Å². The molecule has 1 N–H and O–H groups in total. The summed E-state index contributed by atoms with van der Waals surface area (Å²) in [7, 11) is 0. The van der Waals surface area contributed by atoms with Gasteiger partial charge in [-0.05, 0) is 38.6 Å². The van der Waals surface area contributed by atoms with Crippen LogP contribution in [0.5, 0.6) is 0 Å². The summed E-state index contributed by atoms with van der Waals surface area (Å²) in [5.41, 5.74) is 0.338. The van der Waals surface area contributed by atoms with E-state index in [9.17, 15) is 0 Å².